The van der Waals surface area contributed by atoms with Crippen molar-refractivity contribution in [2.24, 2.45) is 0 Å². The summed E-state index contributed by atoms with van der Waals surface area (Å²) in [6.07, 6.45) is -1.62. The summed E-state index contributed by atoms with van der Waals surface area (Å²) in [5, 5.41) is 16.0. The van der Waals surface area contributed by atoms with Crippen molar-refractivity contribution in [3.05, 3.63) is 0 Å². The number of nitrogens with one attached hydrogen (secondary N) is 1. The predicted octanol–water partition coefficient (Wildman–Crippen LogP) is -2.32. The Balaban J connectivity index is 3.05. The highest BCUT2D eigenvalue weighted by atomic mass is 32.2. The lowest BCUT2D eigenvalue weighted by atomic mass is 10.7. The number of hydrogen-bond acceptors (Lipinski definition) is 4. The first-order valence-electron chi connectivity index (χ1n) is 1.82. The fourth-order valence-electron chi connectivity index (χ4n) is 0.143. The zero-order chi connectivity index (χ0) is 6.57. The van der Waals surface area contributed by atoms with E-state index in [1.165, 1.54) is 0 Å². The van der Waals surface area contributed by atoms with E-state index >= 15 is 0 Å². The van der Waals surface area contributed by atoms with E-state index in [0.717, 1.165) is 0 Å². The van der Waals surface area contributed by atoms with Crippen LogP contribution in [0, 0.1) is 0 Å². The first-order valence-corrected chi connectivity index (χ1v) is 2.89. The first-order chi connectivity index (χ1) is 3.63. The Bertz CT molecular complexity index is 84.1. The molecule has 0 aliphatic carbocycles. The molecule has 0 aromatic carbocycles. The summed E-state index contributed by atoms with van der Waals surface area (Å²) in [6.45, 7) is -0.365. The SMILES string of the molecule is O=S([O-])NCC(O)O. The average molecular weight is 140 g/mol. The minimum Gasteiger partial charge on any atom is -0.760 e. The van der Waals surface area contributed by atoms with Crippen LogP contribution in [0.4, 0.5) is 0 Å². The minimum absolute atomic E-state index is 0.365. The summed E-state index contributed by atoms with van der Waals surface area (Å²) in [5.74, 6) is 0. The summed E-state index contributed by atoms with van der Waals surface area (Å²) >= 11 is -2.41. The summed E-state index contributed by atoms with van der Waals surface area (Å²) in [5.41, 5.74) is 0. The molecule has 0 aromatic heterocycles. The number of aliphatic hydroxyl groups is 2. The maximum atomic E-state index is 9.57. The second kappa shape index (κ2) is 3.93. The monoisotopic (exact) mass is 140 g/mol. The van der Waals surface area contributed by atoms with Gasteiger partial charge in [-0.3, -0.25) is 4.21 Å². The molecule has 0 amide bonds. The van der Waals surface area contributed by atoms with Crippen LogP contribution in [-0.4, -0.2) is 31.8 Å². The fraction of sp³-hybridized carbons (Fsp3) is 1.00. The summed E-state index contributed by atoms with van der Waals surface area (Å²) < 4.78 is 20.9. The molecule has 50 valence electrons. The molecule has 0 aromatic rings. The Morgan fingerprint density at radius 2 is 2.25 bits per heavy atom. The molecule has 0 aliphatic heterocycles. The third-order valence-electron chi connectivity index (χ3n) is 0.384. The third-order valence-corrected chi connectivity index (χ3v) is 0.786. The summed E-state index contributed by atoms with van der Waals surface area (Å²) in [4.78, 5) is 0. The molecule has 0 fully saturated rings. The van der Waals surface area contributed by atoms with Crippen molar-refractivity contribution in [2.45, 2.75) is 6.29 Å². The molecular formula is C2H6NO4S-. The van der Waals surface area contributed by atoms with Gasteiger partial charge < -0.3 is 14.8 Å². The fourth-order valence-corrected chi connectivity index (χ4v) is 0.428. The van der Waals surface area contributed by atoms with E-state index in [2.05, 4.69) is 0 Å². The topological polar surface area (TPSA) is 92.6 Å². The molecule has 3 N–H and O–H groups in total. The molecule has 0 heterocycles. The van der Waals surface area contributed by atoms with Gasteiger partial charge in [-0.15, -0.1) is 0 Å². The van der Waals surface area contributed by atoms with Gasteiger partial charge in [0, 0.05) is 11.3 Å². The lowest BCUT2D eigenvalue weighted by molar-refractivity contribution is -0.0336. The van der Waals surface area contributed by atoms with Gasteiger partial charge in [-0.05, 0) is 0 Å². The zero-order valence-electron chi connectivity index (χ0n) is 3.90. The zero-order valence-corrected chi connectivity index (χ0v) is 4.72. The highest BCUT2D eigenvalue weighted by Crippen LogP contribution is 1.69. The Hall–Kier alpha value is -0.0100. The Labute approximate surface area is 48.8 Å². The van der Waals surface area contributed by atoms with Gasteiger partial charge in [0.2, 0.25) is 0 Å². The average Bonchev–Trinajstić information content (AvgIpc) is 1.61. The summed E-state index contributed by atoms with van der Waals surface area (Å²) in [6, 6.07) is 0. The van der Waals surface area contributed by atoms with Crippen LogP contribution in [0.3, 0.4) is 0 Å². The Kier molecular flexibility index (Phi) is 3.92. The van der Waals surface area contributed by atoms with Crippen LogP contribution >= 0.6 is 0 Å². The maximum absolute atomic E-state index is 9.57. The molecular weight excluding hydrogens is 134 g/mol. The van der Waals surface area contributed by atoms with Gasteiger partial charge in [-0.2, -0.15) is 0 Å². The van der Waals surface area contributed by atoms with Gasteiger partial charge in [0.15, 0.2) is 6.29 Å². The van der Waals surface area contributed by atoms with Gasteiger partial charge >= 0.3 is 0 Å². The molecule has 0 spiro atoms. The van der Waals surface area contributed by atoms with Gasteiger partial charge in [-0.25, -0.2) is 4.72 Å². The largest absolute Gasteiger partial charge is 0.760 e. The van der Waals surface area contributed by atoms with Crippen LogP contribution in [0.15, 0.2) is 0 Å². The van der Waals surface area contributed by atoms with E-state index in [-0.39, 0.29) is 6.54 Å². The second-order valence-electron chi connectivity index (χ2n) is 1.06. The molecule has 1 unspecified atom stereocenters. The van der Waals surface area contributed by atoms with Gasteiger partial charge in [0.25, 0.3) is 0 Å². The van der Waals surface area contributed by atoms with Gasteiger partial charge in [0.05, 0.1) is 6.54 Å². The normalized spacial score (nSPS) is 14.5. The van der Waals surface area contributed by atoms with Crippen LogP contribution in [0.1, 0.15) is 0 Å². The number of aliphatic hydroxyl groups excluding tert-OH is 1. The molecule has 0 aliphatic rings. The van der Waals surface area contributed by atoms with Crippen molar-refractivity contribution < 1.29 is 19.0 Å². The molecule has 0 bridgehead atoms. The smallest absolute Gasteiger partial charge is 0.165 e. The van der Waals surface area contributed by atoms with E-state index in [0.29, 0.717) is 0 Å². The molecule has 0 rings (SSSR count). The molecule has 1 atom stereocenters. The minimum atomic E-state index is -2.41. The van der Waals surface area contributed by atoms with Crippen molar-refractivity contribution in [3.8, 4) is 0 Å². The lowest BCUT2D eigenvalue weighted by Gasteiger charge is -2.06. The molecule has 8 heavy (non-hydrogen) atoms. The van der Waals surface area contributed by atoms with E-state index in [9.17, 15) is 8.76 Å². The van der Waals surface area contributed by atoms with Gasteiger partial charge in [-0.1, -0.05) is 0 Å². The molecule has 0 radical (unpaired) electrons. The van der Waals surface area contributed by atoms with E-state index in [4.69, 9.17) is 10.2 Å². The Morgan fingerprint density at radius 3 is 2.38 bits per heavy atom. The van der Waals surface area contributed by atoms with Crippen LogP contribution in [0.5, 0.6) is 0 Å². The van der Waals surface area contributed by atoms with Gasteiger partial charge in [0.1, 0.15) is 0 Å². The maximum Gasteiger partial charge on any atom is 0.165 e. The number of hydrogen-bond donors (Lipinski definition) is 3. The quantitative estimate of drug-likeness (QED) is 0.303. The van der Waals surface area contributed by atoms with Crippen LogP contribution in [-0.2, 0) is 11.3 Å². The van der Waals surface area contributed by atoms with E-state index in [1.54, 1.807) is 4.72 Å². The van der Waals surface area contributed by atoms with E-state index < -0.39 is 17.6 Å². The standard InChI is InChI=1S/C2H7NO4S/c4-2(5)1-3-8(6)7/h2-5H,1H2,(H,6,7)/p-1. The van der Waals surface area contributed by atoms with Crippen molar-refractivity contribution in [1.29, 1.82) is 0 Å². The van der Waals surface area contributed by atoms with Crippen molar-refractivity contribution in [3.63, 3.8) is 0 Å². The van der Waals surface area contributed by atoms with Crippen LogP contribution < -0.4 is 4.72 Å². The van der Waals surface area contributed by atoms with Crippen LogP contribution in [0.2, 0.25) is 0 Å². The molecule has 0 saturated carbocycles. The van der Waals surface area contributed by atoms with Crippen molar-refractivity contribution >= 4 is 11.3 Å². The predicted molar refractivity (Wildman–Crippen MR) is 25.1 cm³/mol. The Morgan fingerprint density at radius 1 is 1.75 bits per heavy atom. The molecule has 6 heteroatoms. The molecule has 5 nitrogen and oxygen atoms in total. The second-order valence-corrected chi connectivity index (χ2v) is 1.82. The first kappa shape index (κ1) is 7.99. The summed E-state index contributed by atoms with van der Waals surface area (Å²) in [7, 11) is 0. The number of rotatable bonds is 3. The molecule has 0 saturated heterocycles. The lowest BCUT2D eigenvalue weighted by Crippen LogP contribution is -2.27. The highest BCUT2D eigenvalue weighted by molar-refractivity contribution is 7.77. The van der Waals surface area contributed by atoms with Crippen molar-refractivity contribution in [2.75, 3.05) is 6.54 Å². The highest BCUT2D eigenvalue weighted by Gasteiger charge is 1.92. The van der Waals surface area contributed by atoms with E-state index in [1.807, 2.05) is 0 Å². The van der Waals surface area contributed by atoms with Crippen molar-refractivity contribution in [1.82, 2.24) is 4.72 Å². The van der Waals surface area contributed by atoms with Crippen LogP contribution in [0.25, 0.3) is 0 Å². The third kappa shape index (κ3) is 5.99.